The number of hydrogen-bond donors (Lipinski definition) is 1. The summed E-state index contributed by atoms with van der Waals surface area (Å²) >= 11 is 3.59. The van der Waals surface area contributed by atoms with Crippen molar-refractivity contribution in [2.45, 2.75) is 6.04 Å². The third kappa shape index (κ3) is 2.42. The molecule has 0 radical (unpaired) electrons. The molecule has 1 aromatic carbocycles. The fourth-order valence-electron chi connectivity index (χ4n) is 2.00. The Morgan fingerprint density at radius 1 is 1.39 bits per heavy atom. The van der Waals surface area contributed by atoms with Crippen LogP contribution in [0.5, 0.6) is 5.75 Å². The maximum absolute atomic E-state index is 5.28. The van der Waals surface area contributed by atoms with Crippen molar-refractivity contribution >= 4 is 15.9 Å². The second-order valence-corrected chi connectivity index (χ2v) is 4.84. The molecule has 0 amide bonds. The lowest BCUT2D eigenvalue weighted by molar-refractivity contribution is 0.413. The fraction of sp³-hybridized carbons (Fsp3) is 0.308. The zero-order valence-corrected chi connectivity index (χ0v) is 12.2. The molecule has 0 aliphatic carbocycles. The van der Waals surface area contributed by atoms with E-state index in [0.29, 0.717) is 0 Å². The van der Waals surface area contributed by atoms with Crippen LogP contribution in [0.1, 0.15) is 17.3 Å². The summed E-state index contributed by atoms with van der Waals surface area (Å²) < 4.78 is 8.19. The van der Waals surface area contributed by atoms with Crippen LogP contribution in [0.3, 0.4) is 0 Å². The number of benzene rings is 1. The molecule has 2 rings (SSSR count). The van der Waals surface area contributed by atoms with Gasteiger partial charge >= 0.3 is 0 Å². The SMILES string of the molecule is CNC(c1cc(OC)ccc1Br)c1ccnn1C. The molecular weight excluding hydrogens is 294 g/mol. The van der Waals surface area contributed by atoms with Gasteiger partial charge in [-0.1, -0.05) is 15.9 Å². The van der Waals surface area contributed by atoms with Gasteiger partial charge < -0.3 is 10.1 Å². The van der Waals surface area contributed by atoms with E-state index < -0.39 is 0 Å². The monoisotopic (exact) mass is 309 g/mol. The van der Waals surface area contributed by atoms with E-state index in [-0.39, 0.29) is 6.04 Å². The number of hydrogen-bond acceptors (Lipinski definition) is 3. The lowest BCUT2D eigenvalue weighted by Gasteiger charge is -2.19. The predicted molar refractivity (Wildman–Crippen MR) is 74.8 cm³/mol. The van der Waals surface area contributed by atoms with Crippen LogP contribution in [0.2, 0.25) is 0 Å². The van der Waals surface area contributed by atoms with Gasteiger partial charge in [-0.05, 0) is 36.9 Å². The van der Waals surface area contributed by atoms with E-state index in [4.69, 9.17) is 4.74 Å². The van der Waals surface area contributed by atoms with E-state index >= 15 is 0 Å². The maximum Gasteiger partial charge on any atom is 0.119 e. The van der Waals surface area contributed by atoms with E-state index in [1.807, 2.05) is 43.0 Å². The molecule has 0 spiro atoms. The largest absolute Gasteiger partial charge is 0.497 e. The van der Waals surface area contributed by atoms with Crippen molar-refractivity contribution in [2.24, 2.45) is 7.05 Å². The highest BCUT2D eigenvalue weighted by atomic mass is 79.9. The van der Waals surface area contributed by atoms with Crippen LogP contribution in [0.25, 0.3) is 0 Å². The highest BCUT2D eigenvalue weighted by molar-refractivity contribution is 9.10. The van der Waals surface area contributed by atoms with Crippen LogP contribution >= 0.6 is 15.9 Å². The highest BCUT2D eigenvalue weighted by Crippen LogP contribution is 2.31. The Bertz CT molecular complexity index is 539. The molecule has 1 aromatic heterocycles. The molecule has 1 heterocycles. The smallest absolute Gasteiger partial charge is 0.119 e. The van der Waals surface area contributed by atoms with Crippen molar-refractivity contribution in [1.29, 1.82) is 0 Å². The summed E-state index contributed by atoms with van der Waals surface area (Å²) in [5.41, 5.74) is 2.23. The Hall–Kier alpha value is -1.33. The average Bonchev–Trinajstić information content (AvgIpc) is 2.79. The fourth-order valence-corrected chi connectivity index (χ4v) is 2.48. The van der Waals surface area contributed by atoms with Crippen molar-refractivity contribution in [3.05, 3.63) is 46.2 Å². The molecule has 0 saturated heterocycles. The number of nitrogens with zero attached hydrogens (tertiary/aromatic N) is 2. The number of ether oxygens (including phenoxy) is 1. The van der Waals surface area contributed by atoms with Crippen LogP contribution < -0.4 is 10.1 Å². The number of rotatable bonds is 4. The van der Waals surface area contributed by atoms with E-state index in [1.54, 1.807) is 13.3 Å². The van der Waals surface area contributed by atoms with Crippen LogP contribution in [0.4, 0.5) is 0 Å². The number of aromatic nitrogens is 2. The Labute approximate surface area is 115 Å². The number of nitrogens with one attached hydrogen (secondary N) is 1. The second-order valence-electron chi connectivity index (χ2n) is 3.99. The van der Waals surface area contributed by atoms with Crippen LogP contribution in [0.15, 0.2) is 34.9 Å². The van der Waals surface area contributed by atoms with Gasteiger partial charge in [-0.2, -0.15) is 5.10 Å². The standard InChI is InChI=1S/C13H16BrN3O/c1-15-13(12-6-7-16-17(12)2)10-8-9(18-3)4-5-11(10)14/h4-8,13,15H,1-3H3. The summed E-state index contributed by atoms with van der Waals surface area (Å²) in [7, 11) is 5.54. The van der Waals surface area contributed by atoms with E-state index in [1.165, 1.54) is 0 Å². The third-order valence-electron chi connectivity index (χ3n) is 2.96. The van der Waals surface area contributed by atoms with Crippen LogP contribution in [-0.2, 0) is 7.05 Å². The minimum Gasteiger partial charge on any atom is -0.497 e. The first-order valence-electron chi connectivity index (χ1n) is 5.66. The molecule has 1 N–H and O–H groups in total. The Morgan fingerprint density at radius 3 is 2.72 bits per heavy atom. The van der Waals surface area contributed by atoms with Crippen molar-refractivity contribution in [1.82, 2.24) is 15.1 Å². The van der Waals surface area contributed by atoms with Crippen molar-refractivity contribution in [2.75, 3.05) is 14.2 Å². The molecule has 4 nitrogen and oxygen atoms in total. The Balaban J connectivity index is 2.48. The molecule has 0 aliphatic heterocycles. The molecule has 0 saturated carbocycles. The van der Waals surface area contributed by atoms with E-state index in [9.17, 15) is 0 Å². The molecule has 0 aliphatic rings. The van der Waals surface area contributed by atoms with Gasteiger partial charge in [0.25, 0.3) is 0 Å². The van der Waals surface area contributed by atoms with E-state index in [2.05, 4.69) is 26.3 Å². The summed E-state index contributed by atoms with van der Waals surface area (Å²) in [5, 5.41) is 7.52. The summed E-state index contributed by atoms with van der Waals surface area (Å²) in [4.78, 5) is 0. The number of methoxy groups -OCH3 is 1. The van der Waals surface area contributed by atoms with Crippen LogP contribution in [-0.4, -0.2) is 23.9 Å². The second kappa shape index (κ2) is 5.54. The summed E-state index contributed by atoms with van der Waals surface area (Å²) in [5.74, 6) is 0.843. The van der Waals surface area contributed by atoms with Crippen molar-refractivity contribution in [3.63, 3.8) is 0 Å². The zero-order chi connectivity index (χ0) is 13.1. The number of halogens is 1. The Kier molecular flexibility index (Phi) is 4.04. The van der Waals surface area contributed by atoms with Crippen molar-refractivity contribution in [3.8, 4) is 5.75 Å². The molecule has 1 atom stereocenters. The maximum atomic E-state index is 5.28. The van der Waals surface area contributed by atoms with Gasteiger partial charge in [0.15, 0.2) is 0 Å². The molecule has 2 aromatic rings. The minimum absolute atomic E-state index is 0.0713. The first kappa shape index (κ1) is 13.1. The third-order valence-corrected chi connectivity index (χ3v) is 3.68. The normalized spacial score (nSPS) is 12.4. The van der Waals surface area contributed by atoms with Gasteiger partial charge in [0.1, 0.15) is 5.75 Å². The molecule has 0 bridgehead atoms. The van der Waals surface area contributed by atoms with Gasteiger partial charge in [0.2, 0.25) is 0 Å². The molecule has 1 unspecified atom stereocenters. The molecule has 18 heavy (non-hydrogen) atoms. The van der Waals surface area contributed by atoms with E-state index in [0.717, 1.165) is 21.5 Å². The summed E-state index contributed by atoms with van der Waals surface area (Å²) in [6, 6.07) is 8.03. The average molecular weight is 310 g/mol. The van der Waals surface area contributed by atoms with Gasteiger partial charge in [-0.3, -0.25) is 4.68 Å². The Morgan fingerprint density at radius 2 is 2.17 bits per heavy atom. The van der Waals surface area contributed by atoms with Gasteiger partial charge in [0, 0.05) is 17.7 Å². The quantitative estimate of drug-likeness (QED) is 0.943. The molecular formula is C13H16BrN3O. The number of aryl methyl sites for hydroxylation is 1. The lowest BCUT2D eigenvalue weighted by atomic mass is 10.0. The minimum atomic E-state index is 0.0713. The van der Waals surface area contributed by atoms with Gasteiger partial charge in [-0.25, -0.2) is 0 Å². The first-order chi connectivity index (χ1) is 8.67. The van der Waals surface area contributed by atoms with Crippen LogP contribution in [0, 0.1) is 0 Å². The topological polar surface area (TPSA) is 39.1 Å². The molecule has 5 heteroatoms. The van der Waals surface area contributed by atoms with Crippen molar-refractivity contribution < 1.29 is 4.74 Å². The predicted octanol–water partition coefficient (Wildman–Crippen LogP) is 2.50. The summed E-state index contributed by atoms with van der Waals surface area (Å²) in [6.07, 6.45) is 1.80. The zero-order valence-electron chi connectivity index (χ0n) is 10.6. The van der Waals surface area contributed by atoms with Gasteiger partial charge in [-0.15, -0.1) is 0 Å². The molecule has 0 fully saturated rings. The molecule has 96 valence electrons. The first-order valence-corrected chi connectivity index (χ1v) is 6.45. The lowest BCUT2D eigenvalue weighted by Crippen LogP contribution is -2.21. The highest BCUT2D eigenvalue weighted by Gasteiger charge is 2.18. The summed E-state index contributed by atoms with van der Waals surface area (Å²) in [6.45, 7) is 0. The van der Waals surface area contributed by atoms with Gasteiger partial charge in [0.05, 0.1) is 18.8 Å².